The molecule has 0 aliphatic carbocycles. The number of likely N-dealkylation sites (tertiary alicyclic amines) is 1. The van der Waals surface area contributed by atoms with Gasteiger partial charge in [0.25, 0.3) is 5.56 Å². The van der Waals surface area contributed by atoms with Gasteiger partial charge in [-0.25, -0.2) is 9.98 Å². The van der Waals surface area contributed by atoms with Crippen molar-refractivity contribution in [1.82, 2.24) is 24.6 Å². The molecule has 0 amide bonds. The van der Waals surface area contributed by atoms with Gasteiger partial charge in [0.2, 0.25) is 0 Å². The van der Waals surface area contributed by atoms with Gasteiger partial charge in [-0.05, 0) is 50.3 Å². The smallest absolute Gasteiger partial charge is 0.277 e. The first kappa shape index (κ1) is 21.9. The predicted octanol–water partition coefficient (Wildman–Crippen LogP) is 3.11. The van der Waals surface area contributed by atoms with E-state index in [1.807, 2.05) is 32.0 Å². The molecule has 9 nitrogen and oxygen atoms in total. The standard InChI is InChI=1S/C23H31N7O2/c1-4-13-32-18-10-9-15(25-23(24)30-11-7-6-8-12-30)14-16(18)21-26-19-17(5-2)28-29(3)20(19)22(31)27-21/h9-10,14H,4-8,11-13H2,1-3H3,(H2,24,25)(H,26,27,31). The molecule has 1 aromatic carbocycles. The molecule has 170 valence electrons. The molecule has 0 bridgehead atoms. The number of H-pyrrole nitrogens is 1. The van der Waals surface area contributed by atoms with Crippen molar-refractivity contribution >= 4 is 22.7 Å². The molecule has 0 atom stereocenters. The largest absolute Gasteiger partial charge is 0.493 e. The zero-order chi connectivity index (χ0) is 22.7. The van der Waals surface area contributed by atoms with Crippen molar-refractivity contribution in [2.24, 2.45) is 17.8 Å². The highest BCUT2D eigenvalue weighted by Gasteiger charge is 2.18. The fourth-order valence-electron chi connectivity index (χ4n) is 4.05. The van der Waals surface area contributed by atoms with Crippen LogP contribution in [-0.2, 0) is 13.5 Å². The number of nitrogens with zero attached hydrogens (tertiary/aromatic N) is 5. The molecule has 4 rings (SSSR count). The van der Waals surface area contributed by atoms with E-state index in [4.69, 9.17) is 15.5 Å². The lowest BCUT2D eigenvalue weighted by atomic mass is 10.1. The highest BCUT2D eigenvalue weighted by molar-refractivity contribution is 5.83. The van der Waals surface area contributed by atoms with E-state index < -0.39 is 0 Å². The maximum Gasteiger partial charge on any atom is 0.277 e. The van der Waals surface area contributed by atoms with Crippen molar-refractivity contribution in [3.63, 3.8) is 0 Å². The number of aromatic nitrogens is 4. The maximum atomic E-state index is 12.9. The van der Waals surface area contributed by atoms with Gasteiger partial charge >= 0.3 is 0 Å². The summed E-state index contributed by atoms with van der Waals surface area (Å²) in [7, 11) is 1.76. The van der Waals surface area contributed by atoms with E-state index in [-0.39, 0.29) is 5.56 Å². The van der Waals surface area contributed by atoms with E-state index in [1.165, 1.54) is 6.42 Å². The molecule has 0 unspecified atom stereocenters. The van der Waals surface area contributed by atoms with Gasteiger partial charge in [-0.15, -0.1) is 0 Å². The fraction of sp³-hybridized carbons (Fsp3) is 0.478. The number of hydrogen-bond donors (Lipinski definition) is 2. The summed E-state index contributed by atoms with van der Waals surface area (Å²) in [6, 6.07) is 5.61. The van der Waals surface area contributed by atoms with E-state index in [2.05, 4.69) is 20.0 Å². The Balaban J connectivity index is 1.80. The number of guanidine groups is 1. The highest BCUT2D eigenvalue weighted by atomic mass is 16.5. The first-order valence-corrected chi connectivity index (χ1v) is 11.3. The van der Waals surface area contributed by atoms with Gasteiger partial charge in [-0.1, -0.05) is 13.8 Å². The number of fused-ring (bicyclic) bond motifs is 1. The van der Waals surface area contributed by atoms with Crippen molar-refractivity contribution < 1.29 is 4.74 Å². The molecular formula is C23H31N7O2. The third kappa shape index (κ3) is 4.32. The third-order valence-corrected chi connectivity index (χ3v) is 5.70. The van der Waals surface area contributed by atoms with E-state index in [1.54, 1.807) is 11.7 Å². The van der Waals surface area contributed by atoms with Crippen molar-refractivity contribution in [1.29, 1.82) is 0 Å². The van der Waals surface area contributed by atoms with Crippen LogP contribution in [-0.4, -0.2) is 50.3 Å². The van der Waals surface area contributed by atoms with Crippen LogP contribution in [0.1, 0.15) is 45.2 Å². The molecule has 32 heavy (non-hydrogen) atoms. The lowest BCUT2D eigenvalue weighted by Crippen LogP contribution is -2.40. The average molecular weight is 438 g/mol. The summed E-state index contributed by atoms with van der Waals surface area (Å²) in [4.78, 5) is 27.3. The molecular weight excluding hydrogens is 406 g/mol. The van der Waals surface area contributed by atoms with Gasteiger partial charge in [0, 0.05) is 20.1 Å². The number of aryl methyl sites for hydroxylation is 2. The molecule has 9 heteroatoms. The van der Waals surface area contributed by atoms with Crippen LogP contribution in [0.4, 0.5) is 5.69 Å². The van der Waals surface area contributed by atoms with Gasteiger partial charge in [0.05, 0.1) is 23.6 Å². The lowest BCUT2D eigenvalue weighted by Gasteiger charge is -2.27. The summed E-state index contributed by atoms with van der Waals surface area (Å²) < 4.78 is 7.54. The minimum absolute atomic E-state index is 0.233. The second kappa shape index (κ2) is 9.42. The van der Waals surface area contributed by atoms with Gasteiger partial charge in [0.1, 0.15) is 17.1 Å². The lowest BCUT2D eigenvalue weighted by molar-refractivity contribution is 0.318. The van der Waals surface area contributed by atoms with Crippen LogP contribution < -0.4 is 16.0 Å². The number of nitrogens with two attached hydrogens (primary N) is 1. The number of ether oxygens (including phenoxy) is 1. The Morgan fingerprint density at radius 3 is 2.75 bits per heavy atom. The molecule has 2 aromatic heterocycles. The highest BCUT2D eigenvalue weighted by Crippen LogP contribution is 2.32. The zero-order valence-corrected chi connectivity index (χ0v) is 19.0. The molecule has 1 aliphatic rings. The predicted molar refractivity (Wildman–Crippen MR) is 126 cm³/mol. The second-order valence-electron chi connectivity index (χ2n) is 8.08. The summed E-state index contributed by atoms with van der Waals surface area (Å²) in [5.41, 5.74) is 9.28. The van der Waals surface area contributed by atoms with Crippen molar-refractivity contribution in [3.8, 4) is 17.1 Å². The summed E-state index contributed by atoms with van der Waals surface area (Å²) in [5.74, 6) is 1.59. The van der Waals surface area contributed by atoms with Crippen LogP contribution in [0.2, 0.25) is 0 Å². The van der Waals surface area contributed by atoms with Crippen LogP contribution in [0, 0.1) is 0 Å². The number of rotatable bonds is 6. The Kier molecular flexibility index (Phi) is 6.43. The van der Waals surface area contributed by atoms with E-state index in [0.29, 0.717) is 52.8 Å². The van der Waals surface area contributed by atoms with Crippen LogP contribution >= 0.6 is 0 Å². The SMILES string of the molecule is CCCOc1ccc(N=C(N)N2CCCCC2)cc1-c1nc2c(CC)nn(C)c2c(=O)[nH]1. The fourth-order valence-corrected chi connectivity index (χ4v) is 4.05. The zero-order valence-electron chi connectivity index (χ0n) is 19.0. The molecule has 3 aromatic rings. The second-order valence-corrected chi connectivity index (χ2v) is 8.08. The van der Waals surface area contributed by atoms with Crippen molar-refractivity contribution in [2.45, 2.75) is 46.0 Å². The quantitative estimate of drug-likeness (QED) is 0.452. The number of nitrogens with one attached hydrogen (secondary N) is 1. The van der Waals surface area contributed by atoms with E-state index >= 15 is 0 Å². The maximum absolute atomic E-state index is 12.9. The number of piperidine rings is 1. The summed E-state index contributed by atoms with van der Waals surface area (Å²) in [5, 5.41) is 4.44. The van der Waals surface area contributed by atoms with E-state index in [9.17, 15) is 4.79 Å². The molecule has 0 spiro atoms. The Morgan fingerprint density at radius 2 is 2.03 bits per heavy atom. The number of aliphatic imine (C=N–C) groups is 1. The summed E-state index contributed by atoms with van der Waals surface area (Å²) >= 11 is 0. The Bertz CT molecular complexity index is 1190. The Labute approximate surface area is 187 Å². The molecule has 1 aliphatic heterocycles. The van der Waals surface area contributed by atoms with Crippen LogP contribution in [0.15, 0.2) is 28.0 Å². The van der Waals surface area contributed by atoms with Crippen LogP contribution in [0.5, 0.6) is 5.75 Å². The normalized spacial score (nSPS) is 14.8. The van der Waals surface area contributed by atoms with Gasteiger partial charge in [0.15, 0.2) is 11.5 Å². The monoisotopic (exact) mass is 437 g/mol. The number of benzene rings is 1. The topological polar surface area (TPSA) is 114 Å². The molecule has 0 radical (unpaired) electrons. The van der Waals surface area contributed by atoms with Crippen molar-refractivity contribution in [3.05, 3.63) is 34.2 Å². The molecule has 1 saturated heterocycles. The van der Waals surface area contributed by atoms with Gasteiger partial charge in [-0.3, -0.25) is 9.48 Å². The minimum Gasteiger partial charge on any atom is -0.493 e. The van der Waals surface area contributed by atoms with E-state index in [0.717, 1.165) is 38.0 Å². The van der Waals surface area contributed by atoms with Gasteiger partial charge in [-0.2, -0.15) is 5.10 Å². The van der Waals surface area contributed by atoms with Gasteiger partial charge < -0.3 is 20.4 Å². The Hall–Kier alpha value is -3.36. The Morgan fingerprint density at radius 1 is 1.25 bits per heavy atom. The molecule has 3 heterocycles. The average Bonchev–Trinajstić information content (AvgIpc) is 3.14. The summed E-state index contributed by atoms with van der Waals surface area (Å²) in [6.45, 7) is 6.45. The number of aromatic amines is 1. The first-order valence-electron chi connectivity index (χ1n) is 11.3. The molecule has 1 fully saturated rings. The van der Waals surface area contributed by atoms with Crippen LogP contribution in [0.25, 0.3) is 22.4 Å². The first-order chi connectivity index (χ1) is 15.5. The molecule has 3 N–H and O–H groups in total. The molecule has 0 saturated carbocycles. The number of hydrogen-bond acceptors (Lipinski definition) is 5. The minimum atomic E-state index is -0.233. The summed E-state index contributed by atoms with van der Waals surface area (Å²) in [6.07, 6.45) is 5.03. The van der Waals surface area contributed by atoms with Crippen molar-refractivity contribution in [2.75, 3.05) is 19.7 Å². The third-order valence-electron chi connectivity index (χ3n) is 5.70. The van der Waals surface area contributed by atoms with Crippen LogP contribution in [0.3, 0.4) is 0 Å².